The number of phenolic OH excluding ortho intramolecular Hbond substituents is 1. The van der Waals surface area contributed by atoms with Gasteiger partial charge in [0.25, 0.3) is 0 Å². The van der Waals surface area contributed by atoms with E-state index in [4.69, 9.17) is 34.8 Å². The Hall–Kier alpha value is -2.33. The van der Waals surface area contributed by atoms with Crippen molar-refractivity contribution in [3.8, 4) is 5.75 Å². The molecule has 3 aromatic carbocycles. The number of rotatable bonds is 5. The molecular formula is C22H17Cl3N2O. The van der Waals surface area contributed by atoms with Crippen molar-refractivity contribution in [2.75, 3.05) is 5.32 Å². The van der Waals surface area contributed by atoms with Gasteiger partial charge < -0.3 is 15.0 Å². The van der Waals surface area contributed by atoms with Gasteiger partial charge in [0.05, 0.1) is 10.0 Å². The molecule has 142 valence electrons. The third-order valence-electron chi connectivity index (χ3n) is 4.67. The summed E-state index contributed by atoms with van der Waals surface area (Å²) in [5.74, 6) is -0.106. The lowest BCUT2D eigenvalue weighted by Gasteiger charge is -2.08. The Morgan fingerprint density at radius 3 is 2.25 bits per heavy atom. The minimum Gasteiger partial charge on any atom is -0.505 e. The first kappa shape index (κ1) is 19.0. The monoisotopic (exact) mass is 430 g/mol. The van der Waals surface area contributed by atoms with E-state index >= 15 is 0 Å². The molecule has 3 nitrogen and oxygen atoms in total. The highest BCUT2D eigenvalue weighted by atomic mass is 35.5. The lowest BCUT2D eigenvalue weighted by molar-refractivity contribution is 0.476. The highest BCUT2D eigenvalue weighted by molar-refractivity contribution is 6.37. The van der Waals surface area contributed by atoms with Crippen LogP contribution in [0.5, 0.6) is 5.75 Å². The number of aromatic nitrogens is 1. The van der Waals surface area contributed by atoms with E-state index in [-0.39, 0.29) is 15.8 Å². The number of hydrogen-bond donors (Lipinski definition) is 2. The smallest absolute Gasteiger partial charge is 0.152 e. The zero-order valence-electron chi connectivity index (χ0n) is 14.8. The Morgan fingerprint density at radius 1 is 0.821 bits per heavy atom. The van der Waals surface area contributed by atoms with E-state index in [0.29, 0.717) is 13.1 Å². The van der Waals surface area contributed by atoms with Gasteiger partial charge >= 0.3 is 0 Å². The fourth-order valence-electron chi connectivity index (χ4n) is 3.27. The van der Waals surface area contributed by atoms with Gasteiger partial charge in [-0.2, -0.15) is 0 Å². The fourth-order valence-corrected chi connectivity index (χ4v) is 3.95. The van der Waals surface area contributed by atoms with E-state index in [0.717, 1.165) is 32.7 Å². The molecule has 0 saturated heterocycles. The van der Waals surface area contributed by atoms with Gasteiger partial charge in [0.15, 0.2) is 5.75 Å². The van der Waals surface area contributed by atoms with Crippen LogP contribution in [0.15, 0.2) is 66.9 Å². The third kappa shape index (κ3) is 3.79. The lowest BCUT2D eigenvalue weighted by Crippen LogP contribution is -2.00. The van der Waals surface area contributed by atoms with Crippen molar-refractivity contribution < 1.29 is 5.11 Å². The molecule has 0 aliphatic heterocycles. The molecule has 0 unspecified atom stereocenters. The van der Waals surface area contributed by atoms with Crippen LogP contribution in [-0.2, 0) is 13.1 Å². The second-order valence-electron chi connectivity index (χ2n) is 6.53. The Morgan fingerprint density at radius 2 is 1.50 bits per heavy atom. The maximum absolute atomic E-state index is 9.72. The van der Waals surface area contributed by atoms with Gasteiger partial charge in [-0.1, -0.05) is 71.2 Å². The number of benzene rings is 3. The van der Waals surface area contributed by atoms with E-state index in [2.05, 4.69) is 28.2 Å². The normalized spacial score (nSPS) is 11.1. The van der Waals surface area contributed by atoms with Gasteiger partial charge in [-0.05, 0) is 35.4 Å². The Kier molecular flexibility index (Phi) is 5.40. The molecule has 1 aromatic heterocycles. The minimum atomic E-state index is -0.106. The number of phenols is 1. The average molecular weight is 432 g/mol. The van der Waals surface area contributed by atoms with Gasteiger partial charge in [-0.3, -0.25) is 0 Å². The molecule has 28 heavy (non-hydrogen) atoms. The summed E-state index contributed by atoms with van der Waals surface area (Å²) in [7, 11) is 0. The first-order chi connectivity index (χ1) is 13.5. The Labute approximate surface area is 178 Å². The lowest BCUT2D eigenvalue weighted by atomic mass is 10.1. The summed E-state index contributed by atoms with van der Waals surface area (Å²) >= 11 is 18.4. The van der Waals surface area contributed by atoms with Crippen molar-refractivity contribution in [2.24, 2.45) is 0 Å². The summed E-state index contributed by atoms with van der Waals surface area (Å²) in [5, 5.41) is 15.4. The molecule has 0 atom stereocenters. The van der Waals surface area contributed by atoms with Crippen LogP contribution in [-0.4, -0.2) is 9.67 Å². The van der Waals surface area contributed by atoms with Crippen LogP contribution in [0.3, 0.4) is 0 Å². The predicted molar refractivity (Wildman–Crippen MR) is 118 cm³/mol. The minimum absolute atomic E-state index is 0.106. The first-order valence-corrected chi connectivity index (χ1v) is 9.88. The van der Waals surface area contributed by atoms with E-state index in [1.165, 1.54) is 0 Å². The highest BCUT2D eigenvalue weighted by Crippen LogP contribution is 2.35. The number of nitrogens with zero attached hydrogens (tertiary/aromatic N) is 1. The molecule has 0 aliphatic carbocycles. The van der Waals surface area contributed by atoms with Crippen LogP contribution in [0.4, 0.5) is 5.69 Å². The van der Waals surface area contributed by atoms with Gasteiger partial charge in [0.2, 0.25) is 0 Å². The molecule has 0 amide bonds. The van der Waals surface area contributed by atoms with E-state index in [1.54, 1.807) is 12.1 Å². The number of fused-ring (bicyclic) bond motifs is 1. The third-order valence-corrected chi connectivity index (χ3v) is 5.61. The van der Waals surface area contributed by atoms with Crippen LogP contribution < -0.4 is 5.32 Å². The fraction of sp³-hybridized carbons (Fsp3) is 0.0909. The van der Waals surface area contributed by atoms with E-state index in [9.17, 15) is 5.11 Å². The summed E-state index contributed by atoms with van der Waals surface area (Å²) in [6.45, 7) is 1.28. The van der Waals surface area contributed by atoms with E-state index in [1.807, 2.05) is 36.4 Å². The molecular weight excluding hydrogens is 415 g/mol. The number of halogens is 3. The Balaban J connectivity index is 1.64. The summed E-state index contributed by atoms with van der Waals surface area (Å²) in [6.07, 6.45) is 2.13. The Bertz CT molecular complexity index is 1130. The number of nitrogens with one attached hydrogen (secondary N) is 1. The zero-order chi connectivity index (χ0) is 19.7. The molecule has 4 rings (SSSR count). The molecule has 2 N–H and O–H groups in total. The quantitative estimate of drug-likeness (QED) is 0.335. The van der Waals surface area contributed by atoms with Gasteiger partial charge in [0.1, 0.15) is 0 Å². The predicted octanol–water partition coefficient (Wildman–Crippen LogP) is 6.97. The van der Waals surface area contributed by atoms with Crippen LogP contribution in [0.25, 0.3) is 10.9 Å². The van der Waals surface area contributed by atoms with Crippen molar-refractivity contribution in [1.29, 1.82) is 0 Å². The molecule has 6 heteroatoms. The van der Waals surface area contributed by atoms with Crippen LogP contribution in [0.2, 0.25) is 15.1 Å². The second-order valence-corrected chi connectivity index (χ2v) is 7.75. The van der Waals surface area contributed by atoms with Crippen molar-refractivity contribution in [1.82, 2.24) is 4.57 Å². The second kappa shape index (κ2) is 7.96. The summed E-state index contributed by atoms with van der Waals surface area (Å²) < 4.78 is 2.20. The molecule has 0 aliphatic rings. The molecule has 0 fully saturated rings. The van der Waals surface area contributed by atoms with Crippen molar-refractivity contribution >= 4 is 51.4 Å². The highest BCUT2D eigenvalue weighted by Gasteiger charge is 2.11. The molecule has 0 saturated carbocycles. The van der Waals surface area contributed by atoms with Crippen molar-refractivity contribution in [3.05, 3.63) is 93.1 Å². The van der Waals surface area contributed by atoms with Gasteiger partial charge in [0, 0.05) is 40.9 Å². The zero-order valence-corrected chi connectivity index (χ0v) is 17.1. The van der Waals surface area contributed by atoms with E-state index < -0.39 is 0 Å². The van der Waals surface area contributed by atoms with Crippen LogP contribution >= 0.6 is 34.8 Å². The first-order valence-electron chi connectivity index (χ1n) is 8.75. The largest absolute Gasteiger partial charge is 0.505 e. The number of hydrogen-bond acceptors (Lipinski definition) is 2. The maximum atomic E-state index is 9.72. The number of anilines is 1. The van der Waals surface area contributed by atoms with Gasteiger partial charge in [-0.25, -0.2) is 0 Å². The summed E-state index contributed by atoms with van der Waals surface area (Å²) in [4.78, 5) is 0. The average Bonchev–Trinajstić information content (AvgIpc) is 3.04. The standard InChI is InChI=1S/C22H17Cl3N2O/c23-18-7-3-1-5-14(18)12-27-13-15(17-6-2-4-8-21(17)27)11-26-16-9-19(24)22(28)20(25)10-16/h1-10,13,26,28H,11-12H2. The molecule has 0 bridgehead atoms. The molecule has 0 radical (unpaired) electrons. The molecule has 0 spiro atoms. The summed E-state index contributed by atoms with van der Waals surface area (Å²) in [5.41, 5.74) is 4.10. The molecule has 1 heterocycles. The van der Waals surface area contributed by atoms with Gasteiger partial charge in [-0.15, -0.1) is 0 Å². The van der Waals surface area contributed by atoms with Crippen LogP contribution in [0, 0.1) is 0 Å². The van der Waals surface area contributed by atoms with Crippen molar-refractivity contribution in [2.45, 2.75) is 13.1 Å². The topological polar surface area (TPSA) is 37.2 Å². The van der Waals surface area contributed by atoms with Crippen LogP contribution in [0.1, 0.15) is 11.1 Å². The number of para-hydroxylation sites is 1. The molecule has 4 aromatic rings. The van der Waals surface area contributed by atoms with Crippen molar-refractivity contribution in [3.63, 3.8) is 0 Å². The number of aromatic hydroxyl groups is 1. The maximum Gasteiger partial charge on any atom is 0.152 e. The SMILES string of the molecule is Oc1c(Cl)cc(NCc2cn(Cc3ccccc3Cl)c3ccccc23)cc1Cl. The summed E-state index contributed by atoms with van der Waals surface area (Å²) in [6, 6.07) is 19.4.